The van der Waals surface area contributed by atoms with Crippen LogP contribution in [0.3, 0.4) is 0 Å². The first-order chi connectivity index (χ1) is 9.33. The molecule has 0 aromatic carbocycles. The fraction of sp³-hybridized carbons (Fsp3) is 0.333. The first kappa shape index (κ1) is 12.0. The largest absolute Gasteiger partial charge is 0.365 e. The summed E-state index contributed by atoms with van der Waals surface area (Å²) in [5.74, 6) is 0.240. The number of aryl methyl sites for hydroxylation is 1. The number of aromatic nitrogens is 2. The van der Waals surface area contributed by atoms with Gasteiger partial charge in [0.15, 0.2) is 0 Å². The Morgan fingerprint density at radius 1 is 1.32 bits per heavy atom. The first-order valence-electron chi connectivity index (χ1n) is 6.65. The van der Waals surface area contributed by atoms with Gasteiger partial charge in [0.25, 0.3) is 0 Å². The maximum atomic E-state index is 12.2. The third-order valence-electron chi connectivity index (χ3n) is 3.65. The third-order valence-corrected chi connectivity index (χ3v) is 3.65. The quantitative estimate of drug-likeness (QED) is 0.911. The molecule has 98 valence electrons. The Morgan fingerprint density at radius 2 is 2.16 bits per heavy atom. The van der Waals surface area contributed by atoms with E-state index in [2.05, 4.69) is 16.0 Å². The molecular formula is C15H17N3O. The van der Waals surface area contributed by atoms with Crippen molar-refractivity contribution in [3.05, 3.63) is 53.6 Å². The Hall–Kier alpha value is -2.10. The molecule has 0 atom stereocenters. The molecule has 3 heterocycles. The second kappa shape index (κ2) is 5.26. The predicted molar refractivity (Wildman–Crippen MR) is 72.5 cm³/mol. The van der Waals surface area contributed by atoms with Gasteiger partial charge in [-0.2, -0.15) is 0 Å². The van der Waals surface area contributed by atoms with Crippen LogP contribution in [0.5, 0.6) is 0 Å². The maximum Gasteiger partial charge on any atom is 0.223 e. The molecule has 0 unspecified atom stereocenters. The maximum absolute atomic E-state index is 12.2. The molecule has 1 aliphatic heterocycles. The van der Waals surface area contributed by atoms with E-state index in [9.17, 15) is 4.79 Å². The number of fused-ring (bicyclic) bond motifs is 1. The van der Waals surface area contributed by atoms with Crippen LogP contribution in [0.2, 0.25) is 0 Å². The van der Waals surface area contributed by atoms with Gasteiger partial charge in [0, 0.05) is 50.2 Å². The van der Waals surface area contributed by atoms with Crippen molar-refractivity contribution < 1.29 is 4.79 Å². The number of H-pyrrole nitrogens is 1. The minimum atomic E-state index is 0.240. The second-order valence-corrected chi connectivity index (χ2v) is 4.90. The summed E-state index contributed by atoms with van der Waals surface area (Å²) in [6.07, 6.45) is 7.79. The lowest BCUT2D eigenvalue weighted by Crippen LogP contribution is -2.35. The molecule has 3 rings (SSSR count). The standard InChI is InChI=1S/C15H17N3O/c19-15(2-1-12-3-7-16-8-4-12)18-10-6-14-13(11-18)5-9-17-14/h3-5,7-9,17H,1-2,6,10-11H2. The van der Waals surface area contributed by atoms with Crippen molar-refractivity contribution in [3.8, 4) is 0 Å². The van der Waals surface area contributed by atoms with Crippen molar-refractivity contribution in [2.75, 3.05) is 6.54 Å². The number of carbonyl (C=O) groups is 1. The number of aromatic amines is 1. The van der Waals surface area contributed by atoms with E-state index in [0.717, 1.165) is 25.9 Å². The van der Waals surface area contributed by atoms with Crippen LogP contribution in [0.25, 0.3) is 0 Å². The zero-order valence-electron chi connectivity index (χ0n) is 10.8. The molecule has 2 aromatic heterocycles. The number of amides is 1. The normalized spacial score (nSPS) is 14.2. The Kier molecular flexibility index (Phi) is 3.31. The van der Waals surface area contributed by atoms with Gasteiger partial charge in [-0.1, -0.05) is 0 Å². The molecule has 4 heteroatoms. The zero-order valence-corrected chi connectivity index (χ0v) is 10.8. The van der Waals surface area contributed by atoms with E-state index in [-0.39, 0.29) is 5.91 Å². The van der Waals surface area contributed by atoms with Gasteiger partial charge in [0.05, 0.1) is 0 Å². The number of nitrogens with zero attached hydrogens (tertiary/aromatic N) is 2. The van der Waals surface area contributed by atoms with Crippen molar-refractivity contribution in [2.45, 2.75) is 25.8 Å². The minimum absolute atomic E-state index is 0.240. The fourth-order valence-electron chi connectivity index (χ4n) is 2.52. The van der Waals surface area contributed by atoms with Crippen LogP contribution in [0.15, 0.2) is 36.8 Å². The SMILES string of the molecule is O=C(CCc1ccncc1)N1CCc2[nH]ccc2C1. The van der Waals surface area contributed by atoms with Crippen LogP contribution in [0, 0.1) is 0 Å². The Labute approximate surface area is 112 Å². The van der Waals surface area contributed by atoms with Crippen molar-refractivity contribution >= 4 is 5.91 Å². The number of hydrogen-bond donors (Lipinski definition) is 1. The van der Waals surface area contributed by atoms with Crippen LogP contribution >= 0.6 is 0 Å². The van der Waals surface area contributed by atoms with Crippen molar-refractivity contribution in [1.82, 2.24) is 14.9 Å². The van der Waals surface area contributed by atoms with Crippen LogP contribution in [-0.4, -0.2) is 27.3 Å². The number of nitrogens with one attached hydrogen (secondary N) is 1. The van der Waals surface area contributed by atoms with E-state index in [0.29, 0.717) is 6.42 Å². The Bertz CT molecular complexity index is 562. The smallest absolute Gasteiger partial charge is 0.223 e. The van der Waals surface area contributed by atoms with Crippen LogP contribution in [-0.2, 0) is 24.2 Å². The fourth-order valence-corrected chi connectivity index (χ4v) is 2.52. The average Bonchev–Trinajstić information content (AvgIpc) is 2.93. The number of rotatable bonds is 3. The Balaban J connectivity index is 1.57. The first-order valence-corrected chi connectivity index (χ1v) is 6.65. The van der Waals surface area contributed by atoms with Crippen LogP contribution in [0.1, 0.15) is 23.2 Å². The highest BCUT2D eigenvalue weighted by Crippen LogP contribution is 2.18. The molecule has 1 aliphatic rings. The molecular weight excluding hydrogens is 238 g/mol. The van der Waals surface area contributed by atoms with E-state index < -0.39 is 0 Å². The van der Waals surface area contributed by atoms with Crippen LogP contribution in [0.4, 0.5) is 0 Å². The molecule has 0 bridgehead atoms. The van der Waals surface area contributed by atoms with Gasteiger partial charge in [-0.15, -0.1) is 0 Å². The van der Waals surface area contributed by atoms with E-state index in [1.165, 1.54) is 16.8 Å². The van der Waals surface area contributed by atoms with Gasteiger partial charge in [0.2, 0.25) is 5.91 Å². The lowest BCUT2D eigenvalue weighted by Gasteiger charge is -2.27. The molecule has 2 aromatic rings. The molecule has 0 aliphatic carbocycles. The highest BCUT2D eigenvalue weighted by atomic mass is 16.2. The summed E-state index contributed by atoms with van der Waals surface area (Å²) >= 11 is 0. The molecule has 0 spiro atoms. The van der Waals surface area contributed by atoms with Crippen LogP contribution < -0.4 is 0 Å². The molecule has 19 heavy (non-hydrogen) atoms. The lowest BCUT2D eigenvalue weighted by atomic mass is 10.1. The summed E-state index contributed by atoms with van der Waals surface area (Å²) in [5, 5.41) is 0. The second-order valence-electron chi connectivity index (χ2n) is 4.90. The number of hydrogen-bond acceptors (Lipinski definition) is 2. The van der Waals surface area contributed by atoms with Crippen molar-refractivity contribution in [1.29, 1.82) is 0 Å². The molecule has 0 saturated heterocycles. The van der Waals surface area contributed by atoms with Gasteiger partial charge in [-0.25, -0.2) is 0 Å². The molecule has 1 amide bonds. The summed E-state index contributed by atoms with van der Waals surface area (Å²) < 4.78 is 0. The lowest BCUT2D eigenvalue weighted by molar-refractivity contribution is -0.132. The van der Waals surface area contributed by atoms with Gasteiger partial charge in [-0.05, 0) is 35.7 Å². The van der Waals surface area contributed by atoms with Gasteiger partial charge >= 0.3 is 0 Å². The molecule has 4 nitrogen and oxygen atoms in total. The van der Waals surface area contributed by atoms with E-state index >= 15 is 0 Å². The third kappa shape index (κ3) is 2.67. The van der Waals surface area contributed by atoms with Gasteiger partial charge in [-0.3, -0.25) is 9.78 Å². The van der Waals surface area contributed by atoms with E-state index in [4.69, 9.17) is 0 Å². The zero-order chi connectivity index (χ0) is 13.1. The molecule has 0 saturated carbocycles. The number of carbonyl (C=O) groups excluding carboxylic acids is 1. The summed E-state index contributed by atoms with van der Waals surface area (Å²) in [6, 6.07) is 6.00. The van der Waals surface area contributed by atoms with Gasteiger partial charge in [0.1, 0.15) is 0 Å². The van der Waals surface area contributed by atoms with Gasteiger partial charge < -0.3 is 9.88 Å². The average molecular weight is 255 g/mol. The monoisotopic (exact) mass is 255 g/mol. The van der Waals surface area contributed by atoms with E-state index in [1.54, 1.807) is 12.4 Å². The highest BCUT2D eigenvalue weighted by Gasteiger charge is 2.20. The minimum Gasteiger partial charge on any atom is -0.365 e. The summed E-state index contributed by atoms with van der Waals surface area (Å²) in [5.41, 5.74) is 3.70. The predicted octanol–water partition coefficient (Wildman–Crippen LogP) is 1.93. The molecule has 1 N–H and O–H groups in total. The Morgan fingerprint density at radius 3 is 3.00 bits per heavy atom. The summed E-state index contributed by atoms with van der Waals surface area (Å²) in [4.78, 5) is 21.4. The molecule has 0 radical (unpaired) electrons. The molecule has 0 fully saturated rings. The van der Waals surface area contributed by atoms with E-state index in [1.807, 2.05) is 23.2 Å². The summed E-state index contributed by atoms with van der Waals surface area (Å²) in [6.45, 7) is 1.57. The summed E-state index contributed by atoms with van der Waals surface area (Å²) in [7, 11) is 0. The topological polar surface area (TPSA) is 49.0 Å². The van der Waals surface area contributed by atoms with Crippen molar-refractivity contribution in [3.63, 3.8) is 0 Å². The van der Waals surface area contributed by atoms with Crippen molar-refractivity contribution in [2.24, 2.45) is 0 Å². The number of pyridine rings is 1. The highest BCUT2D eigenvalue weighted by molar-refractivity contribution is 5.76.